The molecule has 0 bridgehead atoms. The third-order valence-electron chi connectivity index (χ3n) is 3.82. The van der Waals surface area contributed by atoms with Crippen LogP contribution in [0, 0.1) is 11.2 Å². The van der Waals surface area contributed by atoms with Crippen LogP contribution < -0.4 is 15.8 Å². The summed E-state index contributed by atoms with van der Waals surface area (Å²) in [4.78, 5) is 12.4. The van der Waals surface area contributed by atoms with E-state index in [4.69, 9.17) is 10.5 Å². The highest BCUT2D eigenvalue weighted by Crippen LogP contribution is 2.23. The molecule has 6 nitrogen and oxygen atoms in total. The summed E-state index contributed by atoms with van der Waals surface area (Å²) < 4.78 is 20.7. The van der Waals surface area contributed by atoms with E-state index >= 15 is 0 Å². The number of nitrogens with one attached hydrogen (secondary N) is 1. The van der Waals surface area contributed by atoms with Gasteiger partial charge in [-0.25, -0.2) is 4.39 Å². The first-order chi connectivity index (χ1) is 11.2. The van der Waals surface area contributed by atoms with Crippen LogP contribution in [0.4, 0.5) is 10.2 Å². The monoisotopic (exact) mass is 334 g/mol. The standard InChI is InChI=1S/C17H23FN4O2/c1-17(2,3)14(10-24-13-8-6-5-7-12(13)18)21-16(23)11-9-20-22(4)15(11)19/h5-9,14H,10,19H2,1-4H3,(H,21,23). The Morgan fingerprint density at radius 2 is 2.08 bits per heavy atom. The first-order valence-electron chi connectivity index (χ1n) is 7.66. The van der Waals surface area contributed by atoms with Crippen molar-refractivity contribution in [2.75, 3.05) is 12.3 Å². The third-order valence-corrected chi connectivity index (χ3v) is 3.82. The lowest BCUT2D eigenvalue weighted by atomic mass is 9.87. The Bertz CT molecular complexity index is 722. The molecule has 2 aromatic rings. The van der Waals surface area contributed by atoms with Crippen molar-refractivity contribution in [3.8, 4) is 5.75 Å². The second-order valence-corrected chi connectivity index (χ2v) is 6.70. The molecule has 3 N–H and O–H groups in total. The Kier molecular flexibility index (Phi) is 5.11. The van der Waals surface area contributed by atoms with Crippen molar-refractivity contribution in [2.45, 2.75) is 26.8 Å². The lowest BCUT2D eigenvalue weighted by molar-refractivity contribution is 0.0861. The Balaban J connectivity index is 2.10. The van der Waals surface area contributed by atoms with Gasteiger partial charge in [0.05, 0.1) is 12.2 Å². The van der Waals surface area contributed by atoms with E-state index in [9.17, 15) is 9.18 Å². The van der Waals surface area contributed by atoms with Gasteiger partial charge in [-0.2, -0.15) is 5.10 Å². The summed E-state index contributed by atoms with van der Waals surface area (Å²) in [5.74, 6) is -0.331. The van der Waals surface area contributed by atoms with Crippen molar-refractivity contribution in [3.05, 3.63) is 41.8 Å². The molecule has 0 spiro atoms. The van der Waals surface area contributed by atoms with Crippen LogP contribution in [0.1, 0.15) is 31.1 Å². The number of nitrogens with two attached hydrogens (primary N) is 1. The number of hydrogen-bond donors (Lipinski definition) is 2. The molecule has 0 saturated heterocycles. The highest BCUT2D eigenvalue weighted by Gasteiger charge is 2.28. The first-order valence-corrected chi connectivity index (χ1v) is 7.66. The number of carbonyl (C=O) groups excluding carboxylic acids is 1. The van der Waals surface area contributed by atoms with Gasteiger partial charge in [0.15, 0.2) is 11.6 Å². The Hall–Kier alpha value is -2.57. The Labute approximate surface area is 140 Å². The van der Waals surface area contributed by atoms with E-state index < -0.39 is 5.82 Å². The van der Waals surface area contributed by atoms with Gasteiger partial charge in [-0.05, 0) is 17.5 Å². The number of halogens is 1. The van der Waals surface area contributed by atoms with Crippen LogP contribution in [0.5, 0.6) is 5.75 Å². The number of anilines is 1. The largest absolute Gasteiger partial charge is 0.488 e. The van der Waals surface area contributed by atoms with Crippen molar-refractivity contribution in [1.29, 1.82) is 0 Å². The minimum Gasteiger partial charge on any atom is -0.488 e. The van der Waals surface area contributed by atoms with Crippen LogP contribution in [-0.2, 0) is 7.05 Å². The zero-order valence-electron chi connectivity index (χ0n) is 14.3. The number of benzene rings is 1. The molecule has 130 valence electrons. The van der Waals surface area contributed by atoms with Crippen molar-refractivity contribution in [1.82, 2.24) is 15.1 Å². The van der Waals surface area contributed by atoms with Crippen molar-refractivity contribution in [3.63, 3.8) is 0 Å². The highest BCUT2D eigenvalue weighted by atomic mass is 19.1. The Morgan fingerprint density at radius 3 is 2.62 bits per heavy atom. The maximum atomic E-state index is 13.7. The van der Waals surface area contributed by atoms with E-state index in [1.54, 1.807) is 25.2 Å². The lowest BCUT2D eigenvalue weighted by Crippen LogP contribution is -2.47. The van der Waals surface area contributed by atoms with Gasteiger partial charge >= 0.3 is 0 Å². The van der Waals surface area contributed by atoms with Gasteiger partial charge in [-0.1, -0.05) is 32.9 Å². The maximum absolute atomic E-state index is 13.7. The van der Waals surface area contributed by atoms with Crippen molar-refractivity contribution < 1.29 is 13.9 Å². The van der Waals surface area contributed by atoms with E-state index in [1.807, 2.05) is 20.8 Å². The predicted octanol–water partition coefficient (Wildman–Crippen LogP) is 2.36. The molecule has 1 aromatic heterocycles. The summed E-state index contributed by atoms with van der Waals surface area (Å²) in [5, 5.41) is 6.86. The van der Waals surface area contributed by atoms with Crippen LogP contribution in [0.3, 0.4) is 0 Å². The second-order valence-electron chi connectivity index (χ2n) is 6.70. The number of aromatic nitrogens is 2. The minimum atomic E-state index is -0.437. The average Bonchev–Trinajstić information content (AvgIpc) is 2.83. The van der Waals surface area contributed by atoms with Crippen LogP contribution >= 0.6 is 0 Å². The normalized spacial score (nSPS) is 12.7. The number of rotatable bonds is 5. The molecule has 0 aliphatic heterocycles. The second kappa shape index (κ2) is 6.90. The van der Waals surface area contributed by atoms with Crippen molar-refractivity contribution >= 4 is 11.7 Å². The summed E-state index contributed by atoms with van der Waals surface area (Å²) >= 11 is 0. The van der Waals surface area contributed by atoms with E-state index in [0.29, 0.717) is 5.56 Å². The number of carbonyl (C=O) groups is 1. The fourth-order valence-corrected chi connectivity index (χ4v) is 2.10. The number of hydrogen-bond acceptors (Lipinski definition) is 4. The highest BCUT2D eigenvalue weighted by molar-refractivity contribution is 5.98. The maximum Gasteiger partial charge on any atom is 0.257 e. The molecule has 1 amide bonds. The molecule has 0 saturated carbocycles. The van der Waals surface area contributed by atoms with E-state index in [0.717, 1.165) is 0 Å². The van der Waals surface area contributed by atoms with Crippen LogP contribution in [0.2, 0.25) is 0 Å². The summed E-state index contributed by atoms with van der Waals surface area (Å²) in [6, 6.07) is 5.83. The predicted molar refractivity (Wildman–Crippen MR) is 90.2 cm³/mol. The summed E-state index contributed by atoms with van der Waals surface area (Å²) in [6.45, 7) is 6.04. The molecule has 24 heavy (non-hydrogen) atoms. The number of ether oxygens (including phenoxy) is 1. The summed E-state index contributed by atoms with van der Waals surface area (Å²) in [7, 11) is 1.66. The quantitative estimate of drug-likeness (QED) is 0.879. The minimum absolute atomic E-state index is 0.135. The van der Waals surface area contributed by atoms with Gasteiger partial charge in [-0.3, -0.25) is 9.48 Å². The molecule has 0 aliphatic rings. The van der Waals surface area contributed by atoms with E-state index in [1.165, 1.54) is 16.9 Å². The Morgan fingerprint density at radius 1 is 1.42 bits per heavy atom. The SMILES string of the molecule is Cn1ncc(C(=O)NC(COc2ccccc2F)C(C)(C)C)c1N. The van der Waals surface area contributed by atoms with E-state index in [2.05, 4.69) is 10.4 Å². The average molecular weight is 334 g/mol. The lowest BCUT2D eigenvalue weighted by Gasteiger charge is -2.31. The van der Waals surface area contributed by atoms with Gasteiger partial charge in [-0.15, -0.1) is 0 Å². The molecular weight excluding hydrogens is 311 g/mol. The first kappa shape index (κ1) is 17.8. The molecular formula is C17H23FN4O2. The third kappa shape index (κ3) is 4.04. The number of aryl methyl sites for hydroxylation is 1. The zero-order valence-corrected chi connectivity index (χ0v) is 14.3. The summed E-state index contributed by atoms with van der Waals surface area (Å²) in [6.07, 6.45) is 1.42. The van der Waals surface area contributed by atoms with Gasteiger partial charge in [0.1, 0.15) is 18.0 Å². The molecule has 0 aliphatic carbocycles. The molecule has 0 fully saturated rings. The fraction of sp³-hybridized carbons (Fsp3) is 0.412. The van der Waals surface area contributed by atoms with Crippen LogP contribution in [-0.4, -0.2) is 28.3 Å². The molecule has 2 rings (SSSR count). The number of para-hydroxylation sites is 1. The molecule has 1 aromatic carbocycles. The molecule has 7 heteroatoms. The van der Waals surface area contributed by atoms with Gasteiger partial charge in [0, 0.05) is 7.05 Å². The van der Waals surface area contributed by atoms with Crippen molar-refractivity contribution in [2.24, 2.45) is 12.5 Å². The number of nitrogen functional groups attached to an aromatic ring is 1. The summed E-state index contributed by atoms with van der Waals surface area (Å²) in [5.41, 5.74) is 5.84. The zero-order chi connectivity index (χ0) is 17.9. The molecule has 1 atom stereocenters. The topological polar surface area (TPSA) is 82.2 Å². The molecule has 1 heterocycles. The molecule has 0 radical (unpaired) electrons. The fourth-order valence-electron chi connectivity index (χ4n) is 2.10. The van der Waals surface area contributed by atoms with E-state index in [-0.39, 0.29) is 35.5 Å². The van der Waals surface area contributed by atoms with Gasteiger partial charge < -0.3 is 15.8 Å². The van der Waals surface area contributed by atoms with Crippen LogP contribution in [0.15, 0.2) is 30.5 Å². The van der Waals surface area contributed by atoms with Crippen LogP contribution in [0.25, 0.3) is 0 Å². The number of nitrogens with zero attached hydrogens (tertiary/aromatic N) is 2. The van der Waals surface area contributed by atoms with Gasteiger partial charge in [0.2, 0.25) is 0 Å². The smallest absolute Gasteiger partial charge is 0.257 e. The molecule has 1 unspecified atom stereocenters. The number of amides is 1. The van der Waals surface area contributed by atoms with Gasteiger partial charge in [0.25, 0.3) is 5.91 Å².